The number of nitrogens with zero attached hydrogens (tertiary/aromatic N) is 2. The normalized spacial score (nSPS) is 17.0. The van der Waals surface area contributed by atoms with E-state index in [1.807, 2.05) is 24.3 Å². The number of aromatic nitrogens is 1. The third-order valence-corrected chi connectivity index (χ3v) is 6.49. The molecule has 25 heavy (non-hydrogen) atoms. The van der Waals surface area contributed by atoms with E-state index in [2.05, 4.69) is 9.88 Å². The van der Waals surface area contributed by atoms with Gasteiger partial charge in [-0.3, -0.25) is 9.69 Å². The molecule has 2 aromatic rings. The molecule has 1 aromatic heterocycles. The van der Waals surface area contributed by atoms with Gasteiger partial charge in [-0.15, -0.1) is 0 Å². The lowest BCUT2D eigenvalue weighted by molar-refractivity contribution is 0.181. The topological polar surface area (TPSA) is 82.7 Å². The number of nitrogens with one attached hydrogen (secondary N) is 1. The van der Waals surface area contributed by atoms with E-state index < -0.39 is 10.0 Å². The van der Waals surface area contributed by atoms with Crippen molar-refractivity contribution in [3.8, 4) is 5.75 Å². The third kappa shape index (κ3) is 3.86. The Bertz CT molecular complexity index is 915. The number of aromatic amines is 1. The van der Waals surface area contributed by atoms with Crippen molar-refractivity contribution in [2.45, 2.75) is 13.5 Å². The molecule has 1 aliphatic heterocycles. The van der Waals surface area contributed by atoms with Gasteiger partial charge in [-0.1, -0.05) is 0 Å². The van der Waals surface area contributed by atoms with Crippen molar-refractivity contribution in [2.75, 3.05) is 39.0 Å². The Balaban J connectivity index is 1.75. The number of hydrogen-bond donors (Lipinski definition) is 1. The molecule has 0 radical (unpaired) electrons. The Labute approximate surface area is 147 Å². The van der Waals surface area contributed by atoms with E-state index in [9.17, 15) is 13.2 Å². The summed E-state index contributed by atoms with van der Waals surface area (Å²) in [5.41, 5.74) is 1.34. The average Bonchev–Trinajstić information content (AvgIpc) is 2.62. The number of sulfonamides is 1. The van der Waals surface area contributed by atoms with Crippen LogP contribution < -0.4 is 10.3 Å². The van der Waals surface area contributed by atoms with Gasteiger partial charge in [-0.05, 0) is 31.2 Å². The van der Waals surface area contributed by atoms with Crippen LogP contribution in [0.2, 0.25) is 0 Å². The first-order valence-electron chi connectivity index (χ1n) is 8.33. The number of H-pyrrole nitrogens is 1. The standard InChI is InChI=1S/C17H23N3O4S/c1-3-25(22,23)20-8-6-19(7-9-20)12-14-10-13-11-15(24-2)4-5-16(13)18-17(14)21/h4-5,10-11H,3,6-9,12H2,1-2H3,(H,18,21). The summed E-state index contributed by atoms with van der Waals surface area (Å²) in [6.07, 6.45) is 0. The van der Waals surface area contributed by atoms with Crippen molar-refractivity contribution in [2.24, 2.45) is 0 Å². The smallest absolute Gasteiger partial charge is 0.252 e. The number of piperazine rings is 1. The summed E-state index contributed by atoms with van der Waals surface area (Å²) in [4.78, 5) is 17.3. The molecule has 0 atom stereocenters. The Hall–Kier alpha value is -1.90. The molecule has 0 bridgehead atoms. The van der Waals surface area contributed by atoms with Gasteiger partial charge in [0.15, 0.2) is 0 Å². The second-order valence-electron chi connectivity index (χ2n) is 6.15. The largest absolute Gasteiger partial charge is 0.497 e. The summed E-state index contributed by atoms with van der Waals surface area (Å²) in [5, 5.41) is 0.918. The molecule has 0 unspecified atom stereocenters. The van der Waals surface area contributed by atoms with Crippen LogP contribution in [0.4, 0.5) is 0 Å². The van der Waals surface area contributed by atoms with Gasteiger partial charge in [0.2, 0.25) is 10.0 Å². The first-order valence-corrected chi connectivity index (χ1v) is 9.94. The second kappa shape index (κ2) is 7.15. The first-order chi connectivity index (χ1) is 11.9. The fourth-order valence-corrected chi connectivity index (χ4v) is 4.15. The van der Waals surface area contributed by atoms with Gasteiger partial charge >= 0.3 is 0 Å². The molecule has 136 valence electrons. The zero-order chi connectivity index (χ0) is 18.0. The zero-order valence-electron chi connectivity index (χ0n) is 14.5. The summed E-state index contributed by atoms with van der Waals surface area (Å²) in [5.74, 6) is 0.864. The molecule has 3 rings (SSSR count). The highest BCUT2D eigenvalue weighted by Crippen LogP contribution is 2.19. The number of methoxy groups -OCH3 is 1. The predicted octanol–water partition coefficient (Wildman–Crippen LogP) is 1.00. The molecule has 8 heteroatoms. The van der Waals surface area contributed by atoms with Crippen LogP contribution in [-0.4, -0.2) is 61.6 Å². The molecule has 1 fully saturated rings. The number of fused-ring (bicyclic) bond motifs is 1. The van der Waals surface area contributed by atoms with Crippen LogP contribution in [0.25, 0.3) is 10.9 Å². The van der Waals surface area contributed by atoms with E-state index in [-0.39, 0.29) is 11.3 Å². The van der Waals surface area contributed by atoms with Crippen LogP contribution in [0.15, 0.2) is 29.1 Å². The van der Waals surface area contributed by atoms with E-state index in [1.54, 1.807) is 14.0 Å². The van der Waals surface area contributed by atoms with E-state index in [0.717, 1.165) is 16.7 Å². The van der Waals surface area contributed by atoms with Crippen molar-refractivity contribution in [1.82, 2.24) is 14.2 Å². The monoisotopic (exact) mass is 365 g/mol. The highest BCUT2D eigenvalue weighted by atomic mass is 32.2. The Morgan fingerprint density at radius 2 is 1.88 bits per heavy atom. The molecule has 1 aromatic carbocycles. The van der Waals surface area contributed by atoms with E-state index in [1.165, 1.54) is 4.31 Å². The molecule has 1 saturated heterocycles. The maximum Gasteiger partial charge on any atom is 0.252 e. The molecular formula is C17H23N3O4S. The first kappa shape index (κ1) is 17.9. The molecule has 2 heterocycles. The average molecular weight is 365 g/mol. The number of rotatable bonds is 5. The van der Waals surface area contributed by atoms with Crippen LogP contribution in [-0.2, 0) is 16.6 Å². The van der Waals surface area contributed by atoms with E-state index in [4.69, 9.17) is 4.74 Å². The molecule has 1 aliphatic rings. The van der Waals surface area contributed by atoms with Gasteiger partial charge in [-0.2, -0.15) is 4.31 Å². The van der Waals surface area contributed by atoms with Crippen molar-refractivity contribution in [3.63, 3.8) is 0 Å². The number of pyridine rings is 1. The SMILES string of the molecule is CCS(=O)(=O)N1CCN(Cc2cc3cc(OC)ccc3[nH]c2=O)CC1. The van der Waals surface area contributed by atoms with Crippen molar-refractivity contribution < 1.29 is 13.2 Å². The fourth-order valence-electron chi connectivity index (χ4n) is 3.06. The summed E-state index contributed by atoms with van der Waals surface area (Å²) in [7, 11) is -1.53. The third-order valence-electron chi connectivity index (χ3n) is 4.61. The lowest BCUT2D eigenvalue weighted by Gasteiger charge is -2.33. The molecule has 0 spiro atoms. The van der Waals surface area contributed by atoms with Crippen LogP contribution in [0.1, 0.15) is 12.5 Å². The van der Waals surface area contributed by atoms with E-state index >= 15 is 0 Å². The highest BCUT2D eigenvalue weighted by molar-refractivity contribution is 7.89. The van der Waals surface area contributed by atoms with Crippen molar-refractivity contribution in [1.29, 1.82) is 0 Å². The lowest BCUT2D eigenvalue weighted by Crippen LogP contribution is -2.49. The maximum absolute atomic E-state index is 12.3. The maximum atomic E-state index is 12.3. The van der Waals surface area contributed by atoms with Gasteiger partial charge in [0, 0.05) is 49.2 Å². The highest BCUT2D eigenvalue weighted by Gasteiger charge is 2.25. The minimum atomic E-state index is -3.14. The molecule has 7 nitrogen and oxygen atoms in total. The zero-order valence-corrected chi connectivity index (χ0v) is 15.3. The van der Waals surface area contributed by atoms with Gasteiger partial charge in [-0.25, -0.2) is 8.42 Å². The quantitative estimate of drug-likeness (QED) is 0.855. The summed E-state index contributed by atoms with van der Waals surface area (Å²) in [6, 6.07) is 7.41. The van der Waals surface area contributed by atoms with Crippen molar-refractivity contribution >= 4 is 20.9 Å². The van der Waals surface area contributed by atoms with E-state index in [0.29, 0.717) is 38.3 Å². The molecular weight excluding hydrogens is 342 g/mol. The minimum Gasteiger partial charge on any atom is -0.497 e. The molecule has 0 aliphatic carbocycles. The van der Waals surface area contributed by atoms with Gasteiger partial charge in [0.1, 0.15) is 5.75 Å². The molecule has 0 amide bonds. The number of hydrogen-bond acceptors (Lipinski definition) is 5. The van der Waals surface area contributed by atoms with Gasteiger partial charge in [0.05, 0.1) is 12.9 Å². The van der Waals surface area contributed by atoms with Crippen LogP contribution in [0, 0.1) is 0 Å². The van der Waals surface area contributed by atoms with Crippen molar-refractivity contribution in [3.05, 3.63) is 40.2 Å². The van der Waals surface area contributed by atoms with Crippen LogP contribution >= 0.6 is 0 Å². The summed E-state index contributed by atoms with van der Waals surface area (Å²) >= 11 is 0. The molecule has 1 N–H and O–H groups in total. The van der Waals surface area contributed by atoms with Crippen LogP contribution in [0.3, 0.4) is 0 Å². The summed E-state index contributed by atoms with van der Waals surface area (Å²) < 4.78 is 30.6. The number of ether oxygens (including phenoxy) is 1. The lowest BCUT2D eigenvalue weighted by atomic mass is 10.1. The van der Waals surface area contributed by atoms with Crippen LogP contribution in [0.5, 0.6) is 5.75 Å². The predicted molar refractivity (Wildman–Crippen MR) is 97.4 cm³/mol. The Morgan fingerprint density at radius 3 is 2.52 bits per heavy atom. The number of benzene rings is 1. The minimum absolute atomic E-state index is 0.110. The van der Waals surface area contributed by atoms with Gasteiger partial charge < -0.3 is 9.72 Å². The fraction of sp³-hybridized carbons (Fsp3) is 0.471. The second-order valence-corrected chi connectivity index (χ2v) is 8.41. The molecule has 0 saturated carbocycles. The van der Waals surface area contributed by atoms with Gasteiger partial charge in [0.25, 0.3) is 5.56 Å². The summed E-state index contributed by atoms with van der Waals surface area (Å²) in [6.45, 7) is 4.34. The Kier molecular flexibility index (Phi) is 5.12. The Morgan fingerprint density at radius 1 is 1.16 bits per heavy atom.